The predicted molar refractivity (Wildman–Crippen MR) is 194 cm³/mol. The van der Waals surface area contributed by atoms with Crippen molar-refractivity contribution in [1.29, 1.82) is 0 Å². The molecule has 0 spiro atoms. The molecule has 0 saturated heterocycles. The van der Waals surface area contributed by atoms with Crippen molar-refractivity contribution < 1.29 is 38.1 Å². The Bertz CT molecular complexity index is 2050. The van der Waals surface area contributed by atoms with Gasteiger partial charge in [-0.15, -0.1) is 0 Å². The van der Waals surface area contributed by atoms with Gasteiger partial charge in [0, 0.05) is 33.6 Å². The van der Waals surface area contributed by atoms with Gasteiger partial charge in [0.05, 0.1) is 27.4 Å². The van der Waals surface area contributed by atoms with Crippen LogP contribution in [0.1, 0.15) is 36.1 Å². The minimum atomic E-state index is -2.14. The first-order chi connectivity index (χ1) is 25.3. The minimum absolute atomic E-state index is 0.188. The SMILES string of the molecule is CCOc1ccccc1C1(N(C(=O)Oc2ccccc2)C2(c3ccccc3OCC)C(=O)Nc3ccc(OC)cc32)C(=O)Nc2ccc(OC)cc21. The zero-order valence-electron chi connectivity index (χ0n) is 29.1. The molecule has 0 radical (unpaired) electrons. The topological polar surface area (TPSA) is 125 Å². The molecule has 5 aromatic rings. The molecule has 11 heteroatoms. The number of fused-ring (bicyclic) bond motifs is 2. The van der Waals surface area contributed by atoms with Crippen LogP contribution in [-0.2, 0) is 20.7 Å². The fourth-order valence-electron chi connectivity index (χ4n) is 7.26. The smallest absolute Gasteiger partial charge is 0.418 e. The van der Waals surface area contributed by atoms with E-state index < -0.39 is 29.0 Å². The third kappa shape index (κ3) is 5.15. The second-order valence-electron chi connectivity index (χ2n) is 12.0. The second-order valence-corrected chi connectivity index (χ2v) is 12.0. The Labute approximate surface area is 301 Å². The van der Waals surface area contributed by atoms with Crippen LogP contribution in [0.5, 0.6) is 28.7 Å². The molecule has 52 heavy (non-hydrogen) atoms. The first-order valence-corrected chi connectivity index (χ1v) is 16.9. The highest BCUT2D eigenvalue weighted by atomic mass is 16.6. The van der Waals surface area contributed by atoms with Gasteiger partial charge in [0.25, 0.3) is 11.8 Å². The van der Waals surface area contributed by atoms with Gasteiger partial charge in [-0.25, -0.2) is 4.79 Å². The lowest BCUT2D eigenvalue weighted by atomic mass is 9.73. The van der Waals surface area contributed by atoms with Crippen molar-refractivity contribution in [1.82, 2.24) is 4.90 Å². The molecule has 2 aliphatic rings. The molecule has 2 atom stereocenters. The van der Waals surface area contributed by atoms with Gasteiger partial charge in [0.15, 0.2) is 11.1 Å². The fraction of sp³-hybridized carbons (Fsp3) is 0.195. The molecule has 2 aliphatic heterocycles. The molecular formula is C41H37N3O8. The summed E-state index contributed by atoms with van der Waals surface area (Å²) < 4.78 is 30.0. The van der Waals surface area contributed by atoms with E-state index in [-0.39, 0.29) is 30.1 Å². The number of para-hydroxylation sites is 3. The molecule has 0 aromatic heterocycles. The normalized spacial score (nSPS) is 18.4. The zero-order chi connectivity index (χ0) is 36.5. The summed E-state index contributed by atoms with van der Waals surface area (Å²) in [6, 6.07) is 32.6. The number of nitrogens with one attached hydrogen (secondary N) is 2. The summed E-state index contributed by atoms with van der Waals surface area (Å²) in [7, 11) is 3.02. The van der Waals surface area contributed by atoms with Crippen LogP contribution in [0.15, 0.2) is 115 Å². The van der Waals surface area contributed by atoms with Crippen molar-refractivity contribution in [3.63, 3.8) is 0 Å². The molecule has 7 rings (SSSR count). The molecule has 0 saturated carbocycles. The summed E-state index contributed by atoms with van der Waals surface area (Å²) >= 11 is 0. The van der Waals surface area contributed by atoms with Gasteiger partial charge < -0.3 is 34.3 Å². The first kappa shape index (κ1) is 34.0. The lowest BCUT2D eigenvalue weighted by Gasteiger charge is -2.49. The zero-order valence-corrected chi connectivity index (χ0v) is 29.1. The fourth-order valence-corrected chi connectivity index (χ4v) is 7.26. The number of amides is 3. The quantitative estimate of drug-likeness (QED) is 0.150. The summed E-state index contributed by atoms with van der Waals surface area (Å²) in [4.78, 5) is 47.5. The summed E-state index contributed by atoms with van der Waals surface area (Å²) in [6.45, 7) is 4.13. The van der Waals surface area contributed by atoms with Crippen LogP contribution < -0.4 is 34.3 Å². The average molecular weight is 700 g/mol. The van der Waals surface area contributed by atoms with Gasteiger partial charge in [-0.3, -0.25) is 14.5 Å². The monoisotopic (exact) mass is 699 g/mol. The second kappa shape index (κ2) is 13.7. The Kier molecular flexibility index (Phi) is 8.93. The number of hydrogen-bond donors (Lipinski definition) is 2. The number of nitrogens with zero attached hydrogens (tertiary/aromatic N) is 1. The van der Waals surface area contributed by atoms with Crippen LogP contribution in [-0.4, -0.2) is 50.2 Å². The third-order valence-electron chi connectivity index (χ3n) is 9.34. The van der Waals surface area contributed by atoms with Crippen LogP contribution in [0, 0.1) is 0 Å². The van der Waals surface area contributed by atoms with Crippen LogP contribution in [0.3, 0.4) is 0 Å². The van der Waals surface area contributed by atoms with Crippen molar-refractivity contribution in [3.8, 4) is 28.7 Å². The van der Waals surface area contributed by atoms with E-state index in [1.807, 2.05) is 13.8 Å². The van der Waals surface area contributed by atoms with Gasteiger partial charge in [-0.2, -0.15) is 0 Å². The minimum Gasteiger partial charge on any atom is -0.497 e. The van der Waals surface area contributed by atoms with Crippen molar-refractivity contribution >= 4 is 29.3 Å². The van der Waals surface area contributed by atoms with Crippen molar-refractivity contribution in [3.05, 3.63) is 138 Å². The van der Waals surface area contributed by atoms with Crippen LogP contribution in [0.4, 0.5) is 16.2 Å². The lowest BCUT2D eigenvalue weighted by Crippen LogP contribution is -2.66. The number of carbonyl (C=O) groups is 3. The van der Waals surface area contributed by atoms with Gasteiger partial charge in [0.1, 0.15) is 28.7 Å². The molecule has 0 fully saturated rings. The van der Waals surface area contributed by atoms with Gasteiger partial charge in [-0.1, -0.05) is 54.6 Å². The molecule has 2 N–H and O–H groups in total. The molecule has 264 valence electrons. The van der Waals surface area contributed by atoms with Gasteiger partial charge in [0.2, 0.25) is 0 Å². The molecule has 0 bridgehead atoms. The summed E-state index contributed by atoms with van der Waals surface area (Å²) in [5, 5.41) is 6.03. The average Bonchev–Trinajstić information content (AvgIpc) is 3.62. The van der Waals surface area contributed by atoms with Crippen molar-refractivity contribution in [2.24, 2.45) is 0 Å². The Morgan fingerprint density at radius 3 is 1.46 bits per heavy atom. The Balaban J connectivity index is 1.70. The largest absolute Gasteiger partial charge is 0.497 e. The number of anilines is 2. The van der Waals surface area contributed by atoms with E-state index in [9.17, 15) is 0 Å². The van der Waals surface area contributed by atoms with E-state index in [0.717, 1.165) is 0 Å². The van der Waals surface area contributed by atoms with Gasteiger partial charge in [-0.05, 0) is 74.5 Å². The van der Waals surface area contributed by atoms with E-state index in [0.29, 0.717) is 45.5 Å². The number of ether oxygens (including phenoxy) is 5. The molecule has 2 unspecified atom stereocenters. The summed E-state index contributed by atoms with van der Waals surface area (Å²) in [5.41, 5.74) is -2.27. The third-order valence-corrected chi connectivity index (χ3v) is 9.34. The van der Waals surface area contributed by atoms with Crippen LogP contribution in [0.2, 0.25) is 0 Å². The number of carbonyl (C=O) groups excluding carboxylic acids is 3. The number of rotatable bonds is 11. The molecule has 3 amide bonds. The summed E-state index contributed by atoms with van der Waals surface area (Å²) in [5.74, 6) is 0.359. The number of methoxy groups -OCH3 is 2. The first-order valence-electron chi connectivity index (χ1n) is 16.9. The van der Waals surface area contributed by atoms with E-state index in [2.05, 4.69) is 10.6 Å². The molecule has 0 aliphatic carbocycles. The Morgan fingerprint density at radius 2 is 1.02 bits per heavy atom. The van der Waals surface area contributed by atoms with Crippen molar-refractivity contribution in [2.75, 3.05) is 38.1 Å². The van der Waals surface area contributed by atoms with E-state index in [1.54, 1.807) is 115 Å². The van der Waals surface area contributed by atoms with Gasteiger partial charge >= 0.3 is 6.09 Å². The number of benzene rings is 5. The highest BCUT2D eigenvalue weighted by molar-refractivity contribution is 6.15. The maximum atomic E-state index is 15.6. The predicted octanol–water partition coefficient (Wildman–Crippen LogP) is 7.09. The Hall–Kier alpha value is -6.49. The van der Waals surface area contributed by atoms with E-state index >= 15 is 14.4 Å². The highest BCUT2D eigenvalue weighted by Gasteiger charge is 2.68. The summed E-state index contributed by atoms with van der Waals surface area (Å²) in [6.07, 6.45) is -1.01. The maximum Gasteiger partial charge on any atom is 0.418 e. The van der Waals surface area contributed by atoms with Crippen LogP contribution >= 0.6 is 0 Å². The lowest BCUT2D eigenvalue weighted by molar-refractivity contribution is -0.134. The standard InChI is InChI=1S/C41H37N3O8/c1-5-50-35-18-12-10-16-29(35)40(31-24-27(48-3)20-22-33(31)42-37(40)45)44(39(47)52-26-14-8-7-9-15-26)41(30-17-11-13-19-36(30)51-6-2)32-25-28(49-4)21-23-34(32)43-38(41)46/h7-25H,5-6H2,1-4H3,(H,42,45)(H,43,46). The van der Waals surface area contributed by atoms with Crippen LogP contribution in [0.25, 0.3) is 0 Å². The highest BCUT2D eigenvalue weighted by Crippen LogP contribution is 2.59. The molecular weight excluding hydrogens is 662 g/mol. The van der Waals surface area contributed by atoms with E-state index in [1.165, 1.54) is 19.1 Å². The van der Waals surface area contributed by atoms with E-state index in [4.69, 9.17) is 23.7 Å². The molecule has 2 heterocycles. The number of hydrogen-bond acceptors (Lipinski definition) is 8. The Morgan fingerprint density at radius 1 is 0.577 bits per heavy atom. The van der Waals surface area contributed by atoms with Crippen molar-refractivity contribution in [2.45, 2.75) is 24.9 Å². The molecule has 5 aromatic carbocycles. The maximum absolute atomic E-state index is 15.6. The molecule has 11 nitrogen and oxygen atoms in total.